The van der Waals surface area contributed by atoms with Crippen LogP contribution in [0.2, 0.25) is 0 Å². The Labute approximate surface area is 231 Å². The molecule has 0 spiro atoms. The number of aliphatic hydroxyl groups is 1. The summed E-state index contributed by atoms with van der Waals surface area (Å²) in [6, 6.07) is 9.27. The molecule has 1 N–H and O–H groups in total. The van der Waals surface area contributed by atoms with E-state index in [1.807, 2.05) is 6.08 Å². The number of carbonyl (C=O) groups excluding carboxylic acids is 1. The van der Waals surface area contributed by atoms with Crippen molar-refractivity contribution in [1.29, 1.82) is 0 Å². The third kappa shape index (κ3) is 4.66. The fourth-order valence-corrected chi connectivity index (χ4v) is 8.48. The summed E-state index contributed by atoms with van der Waals surface area (Å²) in [6.45, 7) is 15.5. The molecule has 4 aliphatic carbocycles. The zero-order valence-corrected chi connectivity index (χ0v) is 25.0. The largest absolute Gasteiger partial charge is 0.377 e. The molecule has 3 fully saturated rings. The van der Waals surface area contributed by atoms with Gasteiger partial charge < -0.3 is 10.0 Å². The molecule has 0 saturated heterocycles. The molecular weight excluding hydrogens is 466 g/mol. The lowest BCUT2D eigenvalue weighted by Crippen LogP contribution is -2.54. The molecule has 1 aromatic rings. The molecule has 3 saturated carbocycles. The van der Waals surface area contributed by atoms with Crippen molar-refractivity contribution in [2.24, 2.45) is 34.5 Å². The predicted molar refractivity (Wildman–Crippen MR) is 157 cm³/mol. The molecule has 0 radical (unpaired) electrons. The van der Waals surface area contributed by atoms with Gasteiger partial charge in [-0.05, 0) is 133 Å². The van der Waals surface area contributed by atoms with E-state index >= 15 is 0 Å². The standard InChI is InChI=1S/C35H49NO2/c1-32(2,3)19-20-35(38)18-17-30-28-15-11-24-21-26(37)14-16-27(24)31(28)29(22-34(30,35)7)23-9-12-25(13-10-23)36(8)33(4,5)6/h9-10,12-13,21,27-31,38H,11,14-18,22H2,1-8H3/t27?,28-,29+,30-,31+,34-,35+/m0/s1. The molecule has 0 amide bonds. The van der Waals surface area contributed by atoms with Crippen LogP contribution in [0.1, 0.15) is 105 Å². The number of carbonyl (C=O) groups is 1. The highest BCUT2D eigenvalue weighted by Crippen LogP contribution is 2.68. The van der Waals surface area contributed by atoms with Crippen LogP contribution in [0.5, 0.6) is 0 Å². The van der Waals surface area contributed by atoms with Gasteiger partial charge in [0.25, 0.3) is 0 Å². The van der Waals surface area contributed by atoms with Gasteiger partial charge in [-0.1, -0.05) is 36.5 Å². The van der Waals surface area contributed by atoms with Crippen molar-refractivity contribution in [1.82, 2.24) is 0 Å². The van der Waals surface area contributed by atoms with Crippen molar-refractivity contribution in [3.8, 4) is 11.8 Å². The van der Waals surface area contributed by atoms with Gasteiger partial charge in [0.15, 0.2) is 5.78 Å². The molecule has 5 rings (SSSR count). The third-order valence-electron chi connectivity index (χ3n) is 10.8. The fourth-order valence-electron chi connectivity index (χ4n) is 8.48. The smallest absolute Gasteiger partial charge is 0.155 e. The minimum absolute atomic E-state index is 0.0575. The van der Waals surface area contributed by atoms with Gasteiger partial charge in [0.2, 0.25) is 0 Å². The summed E-state index contributed by atoms with van der Waals surface area (Å²) in [5.41, 5.74) is 2.78. The Bertz CT molecular complexity index is 1170. The van der Waals surface area contributed by atoms with E-state index < -0.39 is 5.60 Å². The summed E-state index contributed by atoms with van der Waals surface area (Å²) < 4.78 is 0. The van der Waals surface area contributed by atoms with Crippen LogP contribution >= 0.6 is 0 Å². The minimum atomic E-state index is -0.945. The van der Waals surface area contributed by atoms with Crippen LogP contribution in [-0.2, 0) is 4.79 Å². The molecular formula is C35H49NO2. The lowest BCUT2D eigenvalue weighted by Gasteiger charge is -2.58. The van der Waals surface area contributed by atoms with E-state index in [-0.39, 0.29) is 16.4 Å². The second-order valence-electron chi connectivity index (χ2n) is 15.2. The first kappa shape index (κ1) is 27.5. The highest BCUT2D eigenvalue weighted by molar-refractivity contribution is 5.91. The van der Waals surface area contributed by atoms with Crippen molar-refractivity contribution in [3.05, 3.63) is 41.5 Å². The highest BCUT2D eigenvalue weighted by Gasteiger charge is 2.64. The van der Waals surface area contributed by atoms with Gasteiger partial charge in [0.05, 0.1) is 0 Å². The van der Waals surface area contributed by atoms with E-state index in [0.29, 0.717) is 41.8 Å². The Kier molecular flexibility index (Phi) is 6.71. The van der Waals surface area contributed by atoms with Crippen molar-refractivity contribution in [3.63, 3.8) is 0 Å². The lowest BCUT2D eigenvalue weighted by atomic mass is 9.46. The summed E-state index contributed by atoms with van der Waals surface area (Å²) >= 11 is 0. The minimum Gasteiger partial charge on any atom is -0.377 e. The van der Waals surface area contributed by atoms with Crippen molar-refractivity contribution in [2.45, 2.75) is 110 Å². The molecule has 38 heavy (non-hydrogen) atoms. The highest BCUT2D eigenvalue weighted by atomic mass is 16.3. The first-order valence-electron chi connectivity index (χ1n) is 15.0. The summed E-state index contributed by atoms with van der Waals surface area (Å²) in [7, 11) is 2.17. The third-order valence-corrected chi connectivity index (χ3v) is 10.8. The van der Waals surface area contributed by atoms with Crippen molar-refractivity contribution >= 4 is 11.5 Å². The molecule has 206 valence electrons. The summed E-state index contributed by atoms with van der Waals surface area (Å²) in [4.78, 5) is 14.7. The molecule has 4 aliphatic rings. The van der Waals surface area contributed by atoms with Gasteiger partial charge in [-0.25, -0.2) is 0 Å². The normalized spacial score (nSPS) is 36.8. The van der Waals surface area contributed by atoms with Gasteiger partial charge in [-0.15, -0.1) is 0 Å². The average molecular weight is 516 g/mol. The monoisotopic (exact) mass is 515 g/mol. The van der Waals surface area contributed by atoms with E-state index in [2.05, 4.69) is 96.5 Å². The number of nitrogens with zero attached hydrogens (tertiary/aromatic N) is 1. The predicted octanol–water partition coefficient (Wildman–Crippen LogP) is 7.54. The molecule has 3 nitrogen and oxygen atoms in total. The second-order valence-corrected chi connectivity index (χ2v) is 15.2. The van der Waals surface area contributed by atoms with Crippen LogP contribution < -0.4 is 4.90 Å². The SMILES string of the molecule is CN(c1ccc([C@H]2C[C@@]3(C)[C@@H](CC[C@@]3(O)C#CC(C)(C)C)[C@@H]3CCC4=CC(=O)CCC4[C@H]32)cc1)C(C)(C)C. The lowest BCUT2D eigenvalue weighted by molar-refractivity contribution is -0.117. The van der Waals surface area contributed by atoms with E-state index in [4.69, 9.17) is 0 Å². The zero-order chi connectivity index (χ0) is 27.7. The van der Waals surface area contributed by atoms with Crippen LogP contribution in [0.4, 0.5) is 5.69 Å². The molecule has 7 atom stereocenters. The zero-order valence-electron chi connectivity index (χ0n) is 25.0. The van der Waals surface area contributed by atoms with Gasteiger partial charge in [-0.3, -0.25) is 4.79 Å². The molecule has 0 heterocycles. The molecule has 0 aliphatic heterocycles. The van der Waals surface area contributed by atoms with Crippen LogP contribution in [0.3, 0.4) is 0 Å². The number of anilines is 1. The van der Waals surface area contributed by atoms with Crippen LogP contribution in [0.15, 0.2) is 35.9 Å². The van der Waals surface area contributed by atoms with Crippen LogP contribution in [-0.4, -0.2) is 29.1 Å². The first-order valence-corrected chi connectivity index (χ1v) is 15.0. The maximum Gasteiger partial charge on any atom is 0.155 e. The molecule has 3 heteroatoms. The average Bonchev–Trinajstić information content (AvgIpc) is 3.11. The van der Waals surface area contributed by atoms with Gasteiger partial charge in [-0.2, -0.15) is 0 Å². The fraction of sp³-hybridized carbons (Fsp3) is 0.686. The number of hydrogen-bond donors (Lipinski definition) is 1. The Morgan fingerprint density at radius 3 is 2.29 bits per heavy atom. The molecule has 0 bridgehead atoms. The number of allylic oxidation sites excluding steroid dienone is 1. The number of fused-ring (bicyclic) bond motifs is 5. The second kappa shape index (κ2) is 9.26. The Hall–Kier alpha value is -2.05. The topological polar surface area (TPSA) is 40.5 Å². The van der Waals surface area contributed by atoms with Gasteiger partial charge in [0, 0.05) is 35.5 Å². The van der Waals surface area contributed by atoms with Crippen LogP contribution in [0.25, 0.3) is 0 Å². The number of hydrogen-bond acceptors (Lipinski definition) is 3. The van der Waals surface area contributed by atoms with Gasteiger partial charge >= 0.3 is 0 Å². The molecule has 1 unspecified atom stereocenters. The van der Waals surface area contributed by atoms with E-state index in [1.54, 1.807) is 0 Å². The molecule has 1 aromatic carbocycles. The number of rotatable bonds is 2. The number of benzene rings is 1. The Balaban J connectivity index is 1.57. The first-order chi connectivity index (χ1) is 17.6. The van der Waals surface area contributed by atoms with Crippen molar-refractivity contribution in [2.75, 3.05) is 11.9 Å². The molecule has 0 aromatic heterocycles. The van der Waals surface area contributed by atoms with E-state index in [9.17, 15) is 9.90 Å². The van der Waals surface area contributed by atoms with E-state index in [1.165, 1.54) is 16.8 Å². The maximum atomic E-state index is 12.4. The Morgan fingerprint density at radius 2 is 1.66 bits per heavy atom. The quantitative estimate of drug-likeness (QED) is 0.414. The summed E-state index contributed by atoms with van der Waals surface area (Å²) in [5, 5.41) is 12.2. The van der Waals surface area contributed by atoms with Crippen LogP contribution in [0, 0.1) is 46.3 Å². The maximum absolute atomic E-state index is 12.4. The summed E-state index contributed by atoms with van der Waals surface area (Å²) in [5.74, 6) is 9.62. The van der Waals surface area contributed by atoms with Crippen molar-refractivity contribution < 1.29 is 9.90 Å². The summed E-state index contributed by atoms with van der Waals surface area (Å²) in [6.07, 6.45) is 8.63. The Morgan fingerprint density at radius 1 is 0.974 bits per heavy atom. The number of ketones is 1. The van der Waals surface area contributed by atoms with Gasteiger partial charge in [0.1, 0.15) is 5.60 Å². The van der Waals surface area contributed by atoms with E-state index in [0.717, 1.165) is 38.5 Å².